The van der Waals surface area contributed by atoms with Gasteiger partial charge in [-0.3, -0.25) is 4.79 Å². The third-order valence-electron chi connectivity index (χ3n) is 3.98. The molecule has 0 amide bonds. The van der Waals surface area contributed by atoms with Gasteiger partial charge in [0.05, 0.1) is 6.42 Å². The van der Waals surface area contributed by atoms with E-state index >= 15 is 0 Å². The third kappa shape index (κ3) is 3.56. The van der Waals surface area contributed by atoms with Gasteiger partial charge in [-0.25, -0.2) is 0 Å². The van der Waals surface area contributed by atoms with Gasteiger partial charge in [0.2, 0.25) is 5.89 Å². The quantitative estimate of drug-likeness (QED) is 0.827. The smallest absolute Gasteiger partial charge is 0.303 e. The molecule has 112 valence electrons. The van der Waals surface area contributed by atoms with Crippen molar-refractivity contribution in [1.29, 1.82) is 0 Å². The number of rotatable bonds is 7. The molecule has 20 heavy (non-hydrogen) atoms. The number of aromatic nitrogens is 2. The molecule has 1 atom stereocenters. The first-order chi connectivity index (χ1) is 9.54. The van der Waals surface area contributed by atoms with Crippen molar-refractivity contribution in [3.8, 4) is 0 Å². The highest BCUT2D eigenvalue weighted by Gasteiger charge is 2.38. The van der Waals surface area contributed by atoms with Crippen molar-refractivity contribution in [2.45, 2.75) is 58.5 Å². The summed E-state index contributed by atoms with van der Waals surface area (Å²) in [6, 6.07) is 0. The van der Waals surface area contributed by atoms with Gasteiger partial charge in [0.15, 0.2) is 5.82 Å². The highest BCUT2D eigenvalue weighted by molar-refractivity contribution is 5.67. The molecule has 2 rings (SSSR count). The minimum atomic E-state index is -0.755. The molecule has 1 fully saturated rings. The molecule has 1 heterocycles. The maximum atomic E-state index is 11.1. The summed E-state index contributed by atoms with van der Waals surface area (Å²) in [5, 5.41) is 13.0. The second-order valence-electron chi connectivity index (χ2n) is 5.60. The fraction of sp³-hybridized carbons (Fsp3) is 0.786. The fourth-order valence-corrected chi connectivity index (χ4v) is 3.01. The third-order valence-corrected chi connectivity index (χ3v) is 3.98. The number of carboxylic acids is 1. The average molecular weight is 282 g/mol. The number of hydrogen-bond donors (Lipinski definition) is 1. The Balaban J connectivity index is 2.06. The summed E-state index contributed by atoms with van der Waals surface area (Å²) in [4.78, 5) is 15.4. The van der Waals surface area contributed by atoms with Gasteiger partial charge in [0, 0.05) is 13.0 Å². The van der Waals surface area contributed by atoms with Crippen LogP contribution < -0.4 is 0 Å². The summed E-state index contributed by atoms with van der Waals surface area (Å²) in [6.45, 7) is 4.38. The number of carboxylic acid groups (broad SMARTS) is 1. The first-order valence-electron chi connectivity index (χ1n) is 7.20. The fourth-order valence-electron chi connectivity index (χ4n) is 3.01. The number of nitrogens with zero attached hydrogens (tertiary/aromatic N) is 2. The van der Waals surface area contributed by atoms with Crippen molar-refractivity contribution < 1.29 is 19.2 Å². The predicted molar refractivity (Wildman–Crippen MR) is 71.2 cm³/mol. The van der Waals surface area contributed by atoms with E-state index in [2.05, 4.69) is 10.1 Å². The standard InChI is InChI=1S/C14H22N2O4/c1-3-19-10(2)13-15-11(20-16-13)8-14(9-12(17)18)6-4-5-7-14/h10H,3-9H2,1-2H3,(H,17,18). The van der Waals surface area contributed by atoms with Gasteiger partial charge in [0.25, 0.3) is 0 Å². The van der Waals surface area contributed by atoms with Gasteiger partial charge in [-0.1, -0.05) is 18.0 Å². The molecular weight excluding hydrogens is 260 g/mol. The van der Waals surface area contributed by atoms with Crippen molar-refractivity contribution in [3.63, 3.8) is 0 Å². The van der Waals surface area contributed by atoms with Crippen LogP contribution in [0.1, 0.15) is 63.8 Å². The normalized spacial score (nSPS) is 19.1. The van der Waals surface area contributed by atoms with Gasteiger partial charge < -0.3 is 14.4 Å². The van der Waals surface area contributed by atoms with Crippen LogP contribution in [0, 0.1) is 5.41 Å². The molecule has 1 aliphatic carbocycles. The van der Waals surface area contributed by atoms with Gasteiger partial charge in [0.1, 0.15) is 6.10 Å². The lowest BCUT2D eigenvalue weighted by Crippen LogP contribution is -2.24. The van der Waals surface area contributed by atoms with Crippen molar-refractivity contribution >= 4 is 5.97 Å². The maximum absolute atomic E-state index is 11.1. The first kappa shape index (κ1) is 15.0. The van der Waals surface area contributed by atoms with E-state index in [0.29, 0.717) is 24.7 Å². The summed E-state index contributed by atoms with van der Waals surface area (Å²) in [5.41, 5.74) is -0.218. The number of hydrogen-bond acceptors (Lipinski definition) is 5. The summed E-state index contributed by atoms with van der Waals surface area (Å²) >= 11 is 0. The zero-order chi connectivity index (χ0) is 14.6. The summed E-state index contributed by atoms with van der Waals surface area (Å²) in [5.74, 6) is 0.300. The highest BCUT2D eigenvalue weighted by Crippen LogP contribution is 2.43. The van der Waals surface area contributed by atoms with Crippen molar-refractivity contribution in [1.82, 2.24) is 10.1 Å². The zero-order valence-electron chi connectivity index (χ0n) is 12.1. The maximum Gasteiger partial charge on any atom is 0.303 e. The van der Waals surface area contributed by atoms with Gasteiger partial charge in [-0.15, -0.1) is 0 Å². The molecule has 0 aliphatic heterocycles. The summed E-state index contributed by atoms with van der Waals surface area (Å²) in [6.07, 6.45) is 4.50. The van der Waals surface area contributed by atoms with Crippen LogP contribution in [0.5, 0.6) is 0 Å². The molecule has 1 saturated carbocycles. The van der Waals surface area contributed by atoms with Gasteiger partial charge in [-0.05, 0) is 32.1 Å². The molecule has 1 aromatic rings. The minimum absolute atomic E-state index is 0.172. The van der Waals surface area contributed by atoms with Crippen molar-refractivity contribution in [2.24, 2.45) is 5.41 Å². The van der Waals surface area contributed by atoms with Crippen LogP contribution in [-0.2, 0) is 16.0 Å². The Morgan fingerprint density at radius 2 is 2.20 bits per heavy atom. The molecule has 1 N–H and O–H groups in total. The predicted octanol–water partition coefficient (Wildman–Crippen LogP) is 2.74. The molecule has 0 bridgehead atoms. The van der Waals surface area contributed by atoms with E-state index in [4.69, 9.17) is 14.4 Å². The van der Waals surface area contributed by atoms with E-state index in [-0.39, 0.29) is 17.9 Å². The summed E-state index contributed by atoms with van der Waals surface area (Å²) in [7, 11) is 0. The van der Waals surface area contributed by atoms with E-state index < -0.39 is 5.97 Å². The Labute approximate surface area is 118 Å². The van der Waals surface area contributed by atoms with Crippen LogP contribution >= 0.6 is 0 Å². The van der Waals surface area contributed by atoms with Crippen LogP contribution in [0.15, 0.2) is 4.52 Å². The molecular formula is C14H22N2O4. The Morgan fingerprint density at radius 1 is 1.50 bits per heavy atom. The summed E-state index contributed by atoms with van der Waals surface area (Å²) < 4.78 is 10.7. The highest BCUT2D eigenvalue weighted by atomic mass is 16.5. The lowest BCUT2D eigenvalue weighted by atomic mass is 9.79. The second kappa shape index (κ2) is 6.35. The lowest BCUT2D eigenvalue weighted by Gasteiger charge is -2.24. The molecule has 6 nitrogen and oxygen atoms in total. The second-order valence-corrected chi connectivity index (χ2v) is 5.60. The van der Waals surface area contributed by atoms with E-state index in [1.54, 1.807) is 0 Å². The van der Waals surface area contributed by atoms with Crippen LogP contribution in [0.25, 0.3) is 0 Å². The number of carbonyl (C=O) groups is 1. The zero-order valence-corrected chi connectivity index (χ0v) is 12.1. The Morgan fingerprint density at radius 3 is 2.80 bits per heavy atom. The average Bonchev–Trinajstić information content (AvgIpc) is 2.99. The molecule has 6 heteroatoms. The molecule has 1 aliphatic rings. The van der Waals surface area contributed by atoms with Crippen LogP contribution in [-0.4, -0.2) is 27.8 Å². The number of ether oxygens (including phenoxy) is 1. The van der Waals surface area contributed by atoms with E-state index in [1.165, 1.54) is 0 Å². The van der Waals surface area contributed by atoms with Gasteiger partial charge >= 0.3 is 5.97 Å². The van der Waals surface area contributed by atoms with E-state index in [1.807, 2.05) is 13.8 Å². The molecule has 0 spiro atoms. The van der Waals surface area contributed by atoms with E-state index in [0.717, 1.165) is 25.7 Å². The van der Waals surface area contributed by atoms with Crippen molar-refractivity contribution in [3.05, 3.63) is 11.7 Å². The molecule has 1 unspecified atom stereocenters. The largest absolute Gasteiger partial charge is 0.481 e. The topological polar surface area (TPSA) is 85.5 Å². The van der Waals surface area contributed by atoms with Crippen LogP contribution in [0.4, 0.5) is 0 Å². The minimum Gasteiger partial charge on any atom is -0.481 e. The van der Waals surface area contributed by atoms with Crippen LogP contribution in [0.2, 0.25) is 0 Å². The monoisotopic (exact) mass is 282 g/mol. The lowest BCUT2D eigenvalue weighted by molar-refractivity contribution is -0.139. The SMILES string of the molecule is CCOC(C)c1noc(CC2(CC(=O)O)CCCC2)n1. The number of aliphatic carboxylic acids is 1. The molecule has 0 saturated heterocycles. The molecule has 1 aromatic heterocycles. The van der Waals surface area contributed by atoms with Crippen molar-refractivity contribution in [2.75, 3.05) is 6.61 Å². The molecule has 0 radical (unpaired) electrons. The van der Waals surface area contributed by atoms with Crippen LogP contribution in [0.3, 0.4) is 0 Å². The van der Waals surface area contributed by atoms with E-state index in [9.17, 15) is 4.79 Å². The van der Waals surface area contributed by atoms with Gasteiger partial charge in [-0.2, -0.15) is 4.98 Å². The Kier molecular flexibility index (Phi) is 4.75. The first-order valence-corrected chi connectivity index (χ1v) is 7.20. The Bertz CT molecular complexity index is 452. The molecule has 0 aromatic carbocycles. The Hall–Kier alpha value is -1.43.